The van der Waals surface area contributed by atoms with Crippen molar-refractivity contribution in [2.24, 2.45) is 0 Å². The molecular weight excluding hydrogens is 223 g/mol. The molecule has 0 atom stereocenters. The number of rotatable bonds is 4. The zero-order valence-corrected chi connectivity index (χ0v) is 9.14. The van der Waals surface area contributed by atoms with Gasteiger partial charge in [0.1, 0.15) is 0 Å². The molecule has 15 heavy (non-hydrogen) atoms. The molecule has 0 saturated heterocycles. The first-order valence-electron chi connectivity index (χ1n) is 3.94. The highest BCUT2D eigenvalue weighted by atomic mass is 31.2. The summed E-state index contributed by atoms with van der Waals surface area (Å²) in [7, 11) is -4.76. The highest BCUT2D eigenvalue weighted by Gasteiger charge is 2.41. The molecule has 1 N–H and O–H groups in total. The van der Waals surface area contributed by atoms with E-state index >= 15 is 0 Å². The third-order valence-electron chi connectivity index (χ3n) is 1.10. The number of allylic oxidation sites excluding steroid dienone is 2. The van der Waals surface area contributed by atoms with E-state index < -0.39 is 18.8 Å². The van der Waals surface area contributed by atoms with Crippen molar-refractivity contribution in [3.63, 3.8) is 0 Å². The third-order valence-corrected chi connectivity index (χ3v) is 2.31. The van der Waals surface area contributed by atoms with Crippen molar-refractivity contribution in [2.45, 2.75) is 13.8 Å². The van der Waals surface area contributed by atoms with Crippen molar-refractivity contribution in [2.75, 3.05) is 0 Å². The Kier molecular flexibility index (Phi) is 5.59. The minimum absolute atomic E-state index is 0.897. The predicted octanol–water partition coefficient (Wildman–Crippen LogP) is 2.60. The average Bonchev–Trinajstić information content (AvgIpc) is 2.21. The number of ether oxygens (including phenoxy) is 2. The molecule has 0 radical (unpaired) electrons. The molecule has 0 aliphatic carbocycles. The molecule has 7 heteroatoms. The third kappa shape index (κ3) is 4.10. The van der Waals surface area contributed by atoms with Crippen LogP contribution in [0.2, 0.25) is 0 Å². The van der Waals surface area contributed by atoms with E-state index in [1.54, 1.807) is 0 Å². The number of hydrogen-bond acceptors (Lipinski definition) is 5. The van der Waals surface area contributed by atoms with Gasteiger partial charge in [-0.1, -0.05) is 12.2 Å². The van der Waals surface area contributed by atoms with Gasteiger partial charge in [0.25, 0.3) is 0 Å². The van der Waals surface area contributed by atoms with Crippen molar-refractivity contribution in [3.8, 4) is 0 Å². The van der Waals surface area contributed by atoms with Gasteiger partial charge in [0, 0.05) is 0 Å². The van der Waals surface area contributed by atoms with Gasteiger partial charge in [-0.3, -0.25) is 4.57 Å². The average molecular weight is 234 g/mol. The van der Waals surface area contributed by atoms with Crippen LogP contribution in [-0.4, -0.2) is 16.3 Å². The van der Waals surface area contributed by atoms with Gasteiger partial charge in [-0.05, 0) is 13.8 Å². The van der Waals surface area contributed by atoms with E-state index in [0.717, 1.165) is 12.5 Å². The minimum Gasteiger partial charge on any atom is -0.427 e. The zero-order valence-electron chi connectivity index (χ0n) is 8.25. The summed E-state index contributed by atoms with van der Waals surface area (Å²) in [5, 5.41) is 0. The highest BCUT2D eigenvalue weighted by molar-refractivity contribution is 7.88. The molecule has 0 aromatic heterocycles. The van der Waals surface area contributed by atoms with Crippen molar-refractivity contribution < 1.29 is 28.5 Å². The number of carbonyl (C=O) groups excluding carboxylic acids is 2. The van der Waals surface area contributed by atoms with E-state index in [4.69, 9.17) is 4.89 Å². The fourth-order valence-corrected chi connectivity index (χ4v) is 1.03. The van der Waals surface area contributed by atoms with Crippen LogP contribution in [0.1, 0.15) is 13.8 Å². The Labute approximate surface area is 86.6 Å². The molecular formula is C8H11O6P. The first-order valence-corrected chi connectivity index (χ1v) is 5.60. The molecule has 0 spiro atoms. The van der Waals surface area contributed by atoms with Gasteiger partial charge >= 0.3 is 18.8 Å². The van der Waals surface area contributed by atoms with E-state index in [9.17, 15) is 14.2 Å². The summed E-state index contributed by atoms with van der Waals surface area (Å²) in [5.41, 5.74) is -3.06. The predicted molar refractivity (Wildman–Crippen MR) is 52.4 cm³/mol. The fraction of sp³-hybridized carbons (Fsp3) is 0.250. The maximum Gasteiger partial charge on any atom is 0.411 e. The van der Waals surface area contributed by atoms with E-state index in [-0.39, 0.29) is 0 Å². The van der Waals surface area contributed by atoms with Crippen LogP contribution in [0.5, 0.6) is 0 Å². The topological polar surface area (TPSA) is 89.9 Å². The van der Waals surface area contributed by atoms with Crippen LogP contribution in [0.25, 0.3) is 0 Å². The number of hydrogen-bond donors (Lipinski definition) is 1. The Morgan fingerprint density at radius 3 is 1.67 bits per heavy atom. The summed E-state index contributed by atoms with van der Waals surface area (Å²) < 4.78 is 19.6. The zero-order chi connectivity index (χ0) is 11.9. The van der Waals surface area contributed by atoms with Gasteiger partial charge < -0.3 is 14.4 Å². The van der Waals surface area contributed by atoms with Crippen LogP contribution in [0.3, 0.4) is 0 Å². The van der Waals surface area contributed by atoms with Crippen LogP contribution in [0, 0.1) is 0 Å². The van der Waals surface area contributed by atoms with E-state index in [1.165, 1.54) is 26.0 Å². The van der Waals surface area contributed by atoms with Gasteiger partial charge in [0.05, 0.1) is 12.5 Å². The molecule has 0 aliphatic heterocycles. The van der Waals surface area contributed by atoms with Crippen LogP contribution < -0.4 is 0 Å². The van der Waals surface area contributed by atoms with E-state index in [0.29, 0.717) is 0 Å². The van der Waals surface area contributed by atoms with E-state index in [1.807, 2.05) is 0 Å². The largest absolute Gasteiger partial charge is 0.427 e. The second-order valence-corrected chi connectivity index (χ2v) is 4.16. The molecule has 0 unspecified atom stereocenters. The second-order valence-electron chi connectivity index (χ2n) is 2.28. The summed E-state index contributed by atoms with van der Waals surface area (Å²) >= 11 is 0. The monoisotopic (exact) mass is 234 g/mol. The lowest BCUT2D eigenvalue weighted by Crippen LogP contribution is -2.08. The van der Waals surface area contributed by atoms with Gasteiger partial charge in [-0.15, -0.1) is 0 Å². The minimum atomic E-state index is -4.76. The van der Waals surface area contributed by atoms with Gasteiger partial charge in [0.2, 0.25) is 0 Å². The lowest BCUT2D eigenvalue weighted by atomic mass is 10.7. The molecule has 84 valence electrons. The molecule has 0 rings (SSSR count). The fourth-order valence-electron chi connectivity index (χ4n) is 0.470. The summed E-state index contributed by atoms with van der Waals surface area (Å²) in [6.45, 7) is 3.07. The SMILES string of the molecule is C/C=C/OC(=O)P(=O)(O)C(=O)O/C=C/C. The van der Waals surface area contributed by atoms with Crippen molar-refractivity contribution >= 4 is 18.8 Å². The van der Waals surface area contributed by atoms with Crippen LogP contribution in [0.15, 0.2) is 24.7 Å². The lowest BCUT2D eigenvalue weighted by molar-refractivity contribution is 0.196. The van der Waals surface area contributed by atoms with Crippen LogP contribution in [-0.2, 0) is 14.0 Å². The van der Waals surface area contributed by atoms with Crippen LogP contribution >= 0.6 is 7.37 Å². The molecule has 0 fully saturated rings. The Balaban J connectivity index is 4.59. The molecule has 0 amide bonds. The van der Waals surface area contributed by atoms with E-state index in [2.05, 4.69) is 9.47 Å². The maximum atomic E-state index is 11.2. The van der Waals surface area contributed by atoms with Crippen molar-refractivity contribution in [1.29, 1.82) is 0 Å². The summed E-state index contributed by atoms with van der Waals surface area (Å²) in [6, 6.07) is 0. The van der Waals surface area contributed by atoms with Gasteiger partial charge in [0.15, 0.2) is 0 Å². The molecule has 0 aromatic rings. The second kappa shape index (κ2) is 6.16. The number of carbonyl (C=O) groups is 2. The summed E-state index contributed by atoms with van der Waals surface area (Å²) in [5.74, 6) is 0. The molecule has 0 heterocycles. The van der Waals surface area contributed by atoms with Gasteiger partial charge in [-0.2, -0.15) is 0 Å². The Morgan fingerprint density at radius 1 is 1.07 bits per heavy atom. The van der Waals surface area contributed by atoms with Gasteiger partial charge in [-0.25, -0.2) is 9.59 Å². The first kappa shape index (κ1) is 13.6. The Morgan fingerprint density at radius 2 is 1.40 bits per heavy atom. The summed E-state index contributed by atoms with van der Waals surface area (Å²) in [4.78, 5) is 30.9. The Bertz CT molecular complexity index is 313. The maximum absolute atomic E-state index is 11.2. The van der Waals surface area contributed by atoms with Crippen LogP contribution in [0.4, 0.5) is 9.59 Å². The van der Waals surface area contributed by atoms with Crippen molar-refractivity contribution in [1.82, 2.24) is 0 Å². The normalized spacial score (nSPS) is 11.9. The molecule has 6 nitrogen and oxygen atoms in total. The molecule has 0 bridgehead atoms. The molecule has 0 saturated carbocycles. The smallest absolute Gasteiger partial charge is 0.411 e. The quantitative estimate of drug-likeness (QED) is 0.593. The van der Waals surface area contributed by atoms with Crippen molar-refractivity contribution in [3.05, 3.63) is 24.7 Å². The standard InChI is InChI=1S/C8H11O6P/c1-3-5-13-7(9)15(11,12)8(10)14-6-4-2/h3-6H,1-2H3,(H,11,12)/b5-3+,6-4+. The summed E-state index contributed by atoms with van der Waals surface area (Å²) in [6.07, 6.45) is 4.45. The highest BCUT2D eigenvalue weighted by Crippen LogP contribution is 2.44. The molecule has 0 aromatic carbocycles. The Hall–Kier alpha value is -1.39. The molecule has 0 aliphatic rings. The first-order chi connectivity index (χ1) is 6.96. The lowest BCUT2D eigenvalue weighted by Gasteiger charge is -2.05.